The predicted octanol–water partition coefficient (Wildman–Crippen LogP) is 2.89. The van der Waals surface area contributed by atoms with Crippen LogP contribution >= 0.6 is 27.5 Å². The van der Waals surface area contributed by atoms with Gasteiger partial charge in [0.1, 0.15) is 11.6 Å². The van der Waals surface area contributed by atoms with Crippen molar-refractivity contribution in [3.05, 3.63) is 56.8 Å². The second kappa shape index (κ2) is 5.92. The molecule has 0 spiro atoms. The predicted molar refractivity (Wildman–Crippen MR) is 75.0 cm³/mol. The Balaban J connectivity index is 2.51. The van der Waals surface area contributed by atoms with Crippen molar-refractivity contribution in [3.63, 3.8) is 0 Å². The molecule has 7 heteroatoms. The maximum absolute atomic E-state index is 14.2. The van der Waals surface area contributed by atoms with Crippen LogP contribution in [0.4, 0.5) is 4.39 Å². The number of halogens is 3. The van der Waals surface area contributed by atoms with Crippen molar-refractivity contribution in [2.45, 2.75) is 13.0 Å². The van der Waals surface area contributed by atoms with Gasteiger partial charge in [0.15, 0.2) is 0 Å². The highest BCUT2D eigenvalue weighted by Gasteiger charge is 2.21. The van der Waals surface area contributed by atoms with E-state index < -0.39 is 11.9 Å². The van der Waals surface area contributed by atoms with E-state index in [1.165, 1.54) is 0 Å². The number of aryl methyl sites for hydroxylation is 1. The van der Waals surface area contributed by atoms with E-state index in [0.29, 0.717) is 21.6 Å². The van der Waals surface area contributed by atoms with Gasteiger partial charge in [-0.2, -0.15) is 0 Å². The summed E-state index contributed by atoms with van der Waals surface area (Å²) in [4.78, 5) is 8.24. The molecule has 0 aliphatic rings. The summed E-state index contributed by atoms with van der Waals surface area (Å²) in [5.41, 5.74) is 3.45. The number of nitrogens with two attached hydrogens (primary N) is 1. The number of hydrogen-bond donors (Lipinski definition) is 2. The van der Waals surface area contributed by atoms with E-state index in [2.05, 4.69) is 31.3 Å². The molecule has 100 valence electrons. The molecule has 3 N–H and O–H groups in total. The van der Waals surface area contributed by atoms with Crippen molar-refractivity contribution >= 4 is 27.5 Å². The van der Waals surface area contributed by atoms with Crippen LogP contribution in [0.15, 0.2) is 28.9 Å². The molecule has 0 bridgehead atoms. The highest BCUT2D eigenvalue weighted by Crippen LogP contribution is 2.32. The molecule has 4 nitrogen and oxygen atoms in total. The molecule has 2 aromatic rings. The molecule has 0 fully saturated rings. The molecule has 0 amide bonds. The van der Waals surface area contributed by atoms with E-state index in [0.717, 1.165) is 0 Å². The Hall–Kier alpha value is -1.08. The number of rotatable bonds is 3. The lowest BCUT2D eigenvalue weighted by molar-refractivity contribution is 0.551. The van der Waals surface area contributed by atoms with Gasteiger partial charge < -0.3 is 0 Å². The van der Waals surface area contributed by atoms with Crippen LogP contribution in [0.5, 0.6) is 0 Å². The Labute approximate surface area is 123 Å². The first-order valence-electron chi connectivity index (χ1n) is 5.43. The van der Waals surface area contributed by atoms with Crippen LogP contribution in [0.1, 0.15) is 23.1 Å². The summed E-state index contributed by atoms with van der Waals surface area (Å²) in [5, 5.41) is 0.0172. The molecule has 19 heavy (non-hydrogen) atoms. The quantitative estimate of drug-likeness (QED) is 0.510. The molecule has 1 aromatic heterocycles. The van der Waals surface area contributed by atoms with Gasteiger partial charge in [0.25, 0.3) is 0 Å². The Kier molecular flexibility index (Phi) is 4.46. The molecule has 0 saturated carbocycles. The van der Waals surface area contributed by atoms with Gasteiger partial charge >= 0.3 is 0 Å². The Morgan fingerprint density at radius 2 is 2.16 bits per heavy atom. The lowest BCUT2D eigenvalue weighted by Gasteiger charge is -2.17. The molecule has 0 aliphatic carbocycles. The molecule has 1 atom stereocenters. The Bertz CT molecular complexity index is 608. The van der Waals surface area contributed by atoms with Crippen LogP contribution in [0.25, 0.3) is 0 Å². The number of aromatic nitrogens is 2. The fraction of sp³-hybridized carbons (Fsp3) is 0.167. The van der Waals surface area contributed by atoms with Crippen LogP contribution in [-0.4, -0.2) is 9.97 Å². The molecule has 1 unspecified atom stereocenters. The number of benzene rings is 1. The summed E-state index contributed by atoms with van der Waals surface area (Å²) in [5.74, 6) is 5.56. The van der Waals surface area contributed by atoms with Gasteiger partial charge in [0, 0.05) is 16.2 Å². The first kappa shape index (κ1) is 14.3. The van der Waals surface area contributed by atoms with E-state index in [4.69, 9.17) is 17.4 Å². The lowest BCUT2D eigenvalue weighted by Crippen LogP contribution is -2.30. The minimum absolute atomic E-state index is 0.0172. The SMILES string of the molecule is Cc1nccc(C(NN)c2ccc(Br)c(Cl)c2F)n1. The summed E-state index contributed by atoms with van der Waals surface area (Å²) in [6.45, 7) is 1.75. The first-order valence-corrected chi connectivity index (χ1v) is 6.60. The second-order valence-corrected chi connectivity index (χ2v) is 5.13. The van der Waals surface area contributed by atoms with E-state index in [9.17, 15) is 4.39 Å². The highest BCUT2D eigenvalue weighted by molar-refractivity contribution is 9.10. The maximum Gasteiger partial charge on any atom is 0.148 e. The zero-order chi connectivity index (χ0) is 14.0. The van der Waals surface area contributed by atoms with Crippen LogP contribution in [0.2, 0.25) is 5.02 Å². The van der Waals surface area contributed by atoms with Crippen LogP contribution in [0, 0.1) is 12.7 Å². The van der Waals surface area contributed by atoms with Crippen molar-refractivity contribution in [1.82, 2.24) is 15.4 Å². The van der Waals surface area contributed by atoms with Gasteiger partial charge in [-0.15, -0.1) is 0 Å². The van der Waals surface area contributed by atoms with Crippen LogP contribution < -0.4 is 11.3 Å². The zero-order valence-corrected chi connectivity index (χ0v) is 12.3. The molecular weight excluding hydrogens is 335 g/mol. The van der Waals surface area contributed by atoms with Crippen molar-refractivity contribution in [3.8, 4) is 0 Å². The average Bonchev–Trinajstić information content (AvgIpc) is 2.40. The summed E-state index contributed by atoms with van der Waals surface area (Å²) in [6.07, 6.45) is 1.60. The van der Waals surface area contributed by atoms with Gasteiger partial charge in [-0.1, -0.05) is 17.7 Å². The van der Waals surface area contributed by atoms with Gasteiger partial charge in [-0.05, 0) is 35.0 Å². The van der Waals surface area contributed by atoms with Crippen molar-refractivity contribution in [2.24, 2.45) is 5.84 Å². The van der Waals surface area contributed by atoms with Crippen molar-refractivity contribution in [2.75, 3.05) is 0 Å². The van der Waals surface area contributed by atoms with Crippen LogP contribution in [0.3, 0.4) is 0 Å². The highest BCUT2D eigenvalue weighted by atomic mass is 79.9. The molecule has 0 aliphatic heterocycles. The first-order chi connectivity index (χ1) is 9.04. The molecule has 1 aromatic carbocycles. The fourth-order valence-electron chi connectivity index (χ4n) is 1.73. The van der Waals surface area contributed by atoms with E-state index in [1.54, 1.807) is 31.3 Å². The molecular formula is C12H11BrClFN4. The van der Waals surface area contributed by atoms with Crippen molar-refractivity contribution < 1.29 is 4.39 Å². The third-order valence-electron chi connectivity index (χ3n) is 2.64. The maximum atomic E-state index is 14.2. The van der Waals surface area contributed by atoms with Gasteiger partial charge in [0.05, 0.1) is 16.8 Å². The number of hydrazine groups is 1. The topological polar surface area (TPSA) is 63.8 Å². The molecule has 2 rings (SSSR count). The molecule has 1 heterocycles. The summed E-state index contributed by atoms with van der Waals surface area (Å²) in [7, 11) is 0. The summed E-state index contributed by atoms with van der Waals surface area (Å²) in [6, 6.07) is 4.35. The lowest BCUT2D eigenvalue weighted by atomic mass is 10.0. The van der Waals surface area contributed by atoms with Gasteiger partial charge in [-0.25, -0.2) is 19.8 Å². The number of hydrogen-bond acceptors (Lipinski definition) is 4. The minimum atomic E-state index is -0.590. The number of nitrogens with zero attached hydrogens (tertiary/aromatic N) is 2. The third kappa shape index (κ3) is 2.92. The normalized spacial score (nSPS) is 12.5. The molecule has 0 saturated heterocycles. The Morgan fingerprint density at radius 1 is 1.42 bits per heavy atom. The summed E-state index contributed by atoms with van der Waals surface area (Å²) >= 11 is 9.05. The van der Waals surface area contributed by atoms with Crippen LogP contribution in [-0.2, 0) is 0 Å². The average molecular weight is 346 g/mol. The molecule has 0 radical (unpaired) electrons. The minimum Gasteiger partial charge on any atom is -0.271 e. The third-order valence-corrected chi connectivity index (χ3v) is 3.89. The largest absolute Gasteiger partial charge is 0.271 e. The number of nitrogens with one attached hydrogen (secondary N) is 1. The second-order valence-electron chi connectivity index (χ2n) is 3.89. The smallest absolute Gasteiger partial charge is 0.148 e. The summed E-state index contributed by atoms with van der Waals surface area (Å²) < 4.78 is 14.7. The van der Waals surface area contributed by atoms with Gasteiger partial charge in [-0.3, -0.25) is 5.84 Å². The van der Waals surface area contributed by atoms with Gasteiger partial charge in [0.2, 0.25) is 0 Å². The fourth-order valence-corrected chi connectivity index (χ4v) is 2.21. The zero-order valence-electron chi connectivity index (χ0n) is 9.99. The van der Waals surface area contributed by atoms with E-state index in [1.807, 2.05) is 0 Å². The van der Waals surface area contributed by atoms with E-state index >= 15 is 0 Å². The standard InChI is InChI=1S/C12H11BrClFN4/c1-6-17-5-4-9(18-6)12(19-16)7-2-3-8(13)10(14)11(7)15/h2-5,12,19H,16H2,1H3. The van der Waals surface area contributed by atoms with E-state index in [-0.39, 0.29) is 5.02 Å². The Morgan fingerprint density at radius 3 is 2.79 bits per heavy atom. The monoisotopic (exact) mass is 344 g/mol. The van der Waals surface area contributed by atoms with Crippen molar-refractivity contribution in [1.29, 1.82) is 0 Å².